The number of nitrogens with zero attached hydrogens (tertiary/aromatic N) is 1. The third-order valence-corrected chi connectivity index (χ3v) is 2.96. The van der Waals surface area contributed by atoms with E-state index in [1.807, 2.05) is 30.3 Å². The van der Waals surface area contributed by atoms with Gasteiger partial charge in [0, 0.05) is 13.0 Å². The Hall–Kier alpha value is -1.33. The van der Waals surface area contributed by atoms with Gasteiger partial charge in [-0.2, -0.15) is 5.26 Å². The number of hydrogen-bond acceptors (Lipinski definition) is 2. The van der Waals surface area contributed by atoms with Gasteiger partial charge in [-0.1, -0.05) is 30.3 Å². The Morgan fingerprint density at radius 1 is 1.50 bits per heavy atom. The Morgan fingerprint density at radius 3 is 2.79 bits per heavy atom. The third-order valence-electron chi connectivity index (χ3n) is 2.96. The zero-order valence-electron chi connectivity index (χ0n) is 8.23. The molecule has 2 atom stereocenters. The van der Waals surface area contributed by atoms with Crippen molar-refractivity contribution in [2.24, 2.45) is 5.92 Å². The Balaban J connectivity index is 2.22. The van der Waals surface area contributed by atoms with Crippen molar-refractivity contribution >= 4 is 0 Å². The second-order valence-electron chi connectivity index (χ2n) is 3.81. The molecule has 2 rings (SSSR count). The van der Waals surface area contributed by atoms with E-state index >= 15 is 0 Å². The fourth-order valence-corrected chi connectivity index (χ4v) is 2.02. The van der Waals surface area contributed by atoms with E-state index in [2.05, 4.69) is 6.07 Å². The molecule has 0 unspecified atom stereocenters. The lowest BCUT2D eigenvalue weighted by Gasteiger charge is -2.07. The Labute approximate surface area is 84.1 Å². The van der Waals surface area contributed by atoms with Crippen molar-refractivity contribution in [1.29, 1.82) is 5.26 Å². The van der Waals surface area contributed by atoms with Crippen molar-refractivity contribution in [3.63, 3.8) is 0 Å². The molecule has 0 aromatic heterocycles. The maximum absolute atomic E-state index is 9.20. The summed E-state index contributed by atoms with van der Waals surface area (Å²) in [7, 11) is 1.69. The fourth-order valence-electron chi connectivity index (χ4n) is 2.02. The normalized spacial score (nSPS) is 29.6. The highest BCUT2D eigenvalue weighted by molar-refractivity contribution is 5.41. The third kappa shape index (κ3) is 1.30. The summed E-state index contributed by atoms with van der Waals surface area (Å²) in [5.74, 6) is 0.375. The van der Waals surface area contributed by atoms with Crippen LogP contribution >= 0.6 is 0 Å². The van der Waals surface area contributed by atoms with E-state index in [4.69, 9.17) is 4.74 Å². The van der Waals surface area contributed by atoms with Crippen LogP contribution in [-0.4, -0.2) is 13.7 Å². The summed E-state index contributed by atoms with van der Waals surface area (Å²) in [5, 5.41) is 9.20. The first-order chi connectivity index (χ1) is 6.83. The number of methoxy groups -OCH3 is 1. The van der Waals surface area contributed by atoms with Gasteiger partial charge in [0.25, 0.3) is 0 Å². The van der Waals surface area contributed by atoms with Crippen molar-refractivity contribution in [3.8, 4) is 6.07 Å². The van der Waals surface area contributed by atoms with Crippen molar-refractivity contribution in [2.45, 2.75) is 11.8 Å². The highest BCUT2D eigenvalue weighted by atomic mass is 16.5. The van der Waals surface area contributed by atoms with Gasteiger partial charge < -0.3 is 4.74 Å². The molecular formula is C12H13NO. The van der Waals surface area contributed by atoms with Crippen molar-refractivity contribution in [1.82, 2.24) is 0 Å². The van der Waals surface area contributed by atoms with E-state index in [0.717, 1.165) is 12.0 Å². The molecule has 0 radical (unpaired) electrons. The fraction of sp³-hybridized carbons (Fsp3) is 0.417. The molecule has 1 aliphatic carbocycles. The molecule has 0 aliphatic heterocycles. The summed E-state index contributed by atoms with van der Waals surface area (Å²) >= 11 is 0. The van der Waals surface area contributed by atoms with Crippen LogP contribution in [0.25, 0.3) is 0 Å². The van der Waals surface area contributed by atoms with Gasteiger partial charge in [0.1, 0.15) is 0 Å². The second kappa shape index (κ2) is 3.43. The lowest BCUT2D eigenvalue weighted by molar-refractivity contribution is 0.181. The number of nitriles is 1. The van der Waals surface area contributed by atoms with Crippen LogP contribution in [-0.2, 0) is 10.2 Å². The zero-order valence-corrected chi connectivity index (χ0v) is 8.23. The molecule has 2 heteroatoms. The average molecular weight is 187 g/mol. The monoisotopic (exact) mass is 187 g/mol. The summed E-state index contributed by atoms with van der Waals surface area (Å²) < 4.78 is 5.09. The topological polar surface area (TPSA) is 33.0 Å². The molecule has 2 nitrogen and oxygen atoms in total. The van der Waals surface area contributed by atoms with Crippen LogP contribution in [0.5, 0.6) is 0 Å². The number of benzene rings is 1. The molecule has 0 N–H and O–H groups in total. The van der Waals surface area contributed by atoms with Crippen LogP contribution in [0.15, 0.2) is 30.3 Å². The number of hydrogen-bond donors (Lipinski definition) is 0. The molecule has 1 saturated carbocycles. The molecule has 1 fully saturated rings. The molecule has 0 bridgehead atoms. The first-order valence-electron chi connectivity index (χ1n) is 4.79. The van der Waals surface area contributed by atoms with Gasteiger partial charge in [0.2, 0.25) is 0 Å². The highest BCUT2D eigenvalue weighted by Crippen LogP contribution is 2.53. The summed E-state index contributed by atoms with van der Waals surface area (Å²) in [4.78, 5) is 0. The van der Waals surface area contributed by atoms with Gasteiger partial charge in [-0.25, -0.2) is 0 Å². The van der Waals surface area contributed by atoms with E-state index in [1.165, 1.54) is 0 Å². The first kappa shape index (κ1) is 9.23. The summed E-state index contributed by atoms with van der Waals surface area (Å²) in [6.07, 6.45) is 0.932. The van der Waals surface area contributed by atoms with Crippen LogP contribution in [0.2, 0.25) is 0 Å². The largest absolute Gasteiger partial charge is 0.384 e. The molecule has 0 heterocycles. The predicted octanol–water partition coefficient (Wildman–Crippen LogP) is 2.11. The highest BCUT2D eigenvalue weighted by Gasteiger charge is 2.55. The standard InChI is InChI=1S/C12H13NO/c1-14-8-11-7-12(11,9-13)10-5-3-2-4-6-10/h2-6,11H,7-8H2,1H3/t11-,12+/m0/s1. The molecule has 1 aromatic carbocycles. The average Bonchev–Trinajstić information content (AvgIpc) is 2.95. The minimum atomic E-state index is -0.267. The van der Waals surface area contributed by atoms with E-state index in [9.17, 15) is 5.26 Å². The van der Waals surface area contributed by atoms with Gasteiger partial charge in [0.05, 0.1) is 18.1 Å². The van der Waals surface area contributed by atoms with E-state index in [-0.39, 0.29) is 5.41 Å². The summed E-state index contributed by atoms with van der Waals surface area (Å²) in [6, 6.07) is 12.4. The Bertz CT molecular complexity index is 354. The molecule has 0 saturated heterocycles. The van der Waals surface area contributed by atoms with Gasteiger partial charge in [0.15, 0.2) is 0 Å². The summed E-state index contributed by atoms with van der Waals surface area (Å²) in [6.45, 7) is 0.683. The van der Waals surface area contributed by atoms with Crippen molar-refractivity contribution in [3.05, 3.63) is 35.9 Å². The van der Waals surface area contributed by atoms with Gasteiger partial charge >= 0.3 is 0 Å². The zero-order chi connectivity index (χ0) is 10.0. The Kier molecular flexibility index (Phi) is 2.26. The predicted molar refractivity (Wildman–Crippen MR) is 53.7 cm³/mol. The molecule has 14 heavy (non-hydrogen) atoms. The molecule has 1 aliphatic rings. The molecule has 72 valence electrons. The molecular weight excluding hydrogens is 174 g/mol. The quantitative estimate of drug-likeness (QED) is 0.726. The smallest absolute Gasteiger partial charge is 0.0877 e. The Morgan fingerprint density at radius 2 is 2.21 bits per heavy atom. The minimum absolute atomic E-state index is 0.267. The van der Waals surface area contributed by atoms with Crippen LogP contribution in [0.4, 0.5) is 0 Å². The van der Waals surface area contributed by atoms with Crippen LogP contribution in [0.3, 0.4) is 0 Å². The SMILES string of the molecule is COC[C@@H]1C[C@@]1(C#N)c1ccccc1. The van der Waals surface area contributed by atoms with E-state index in [1.54, 1.807) is 7.11 Å². The maximum Gasteiger partial charge on any atom is 0.0877 e. The van der Waals surface area contributed by atoms with Crippen molar-refractivity contribution < 1.29 is 4.74 Å². The lowest BCUT2D eigenvalue weighted by Crippen LogP contribution is -2.09. The number of ether oxygens (including phenoxy) is 1. The lowest BCUT2D eigenvalue weighted by atomic mass is 9.95. The van der Waals surface area contributed by atoms with Gasteiger partial charge in [-0.15, -0.1) is 0 Å². The molecule has 0 spiro atoms. The first-order valence-corrected chi connectivity index (χ1v) is 4.79. The maximum atomic E-state index is 9.20. The summed E-state index contributed by atoms with van der Waals surface area (Å²) in [5.41, 5.74) is 0.863. The van der Waals surface area contributed by atoms with Crippen molar-refractivity contribution in [2.75, 3.05) is 13.7 Å². The van der Waals surface area contributed by atoms with Gasteiger partial charge in [-0.3, -0.25) is 0 Å². The minimum Gasteiger partial charge on any atom is -0.384 e. The van der Waals surface area contributed by atoms with Crippen LogP contribution < -0.4 is 0 Å². The van der Waals surface area contributed by atoms with E-state index < -0.39 is 0 Å². The van der Waals surface area contributed by atoms with Gasteiger partial charge in [-0.05, 0) is 12.0 Å². The molecule has 0 amide bonds. The van der Waals surface area contributed by atoms with E-state index in [0.29, 0.717) is 12.5 Å². The molecule has 1 aromatic rings. The van der Waals surface area contributed by atoms with Crippen LogP contribution in [0.1, 0.15) is 12.0 Å². The van der Waals surface area contributed by atoms with Crippen LogP contribution in [0, 0.1) is 17.2 Å². The number of rotatable bonds is 3. The second-order valence-corrected chi connectivity index (χ2v) is 3.81.